The SMILES string of the molecule is Nc1cc(N)c(N=Nc2ccc(NS(=O)(=O)c3ccc(N=Nc4c(S(=O)(=O)O)cc5cc(SOOO)c(N=Nc6ccc(S(=O)(=O)CCOSOOO)cc6)c(O)c5c4N)cc3)cc2)cc1Cl. The summed E-state index contributed by atoms with van der Waals surface area (Å²) in [6.07, 6.45) is 0. The van der Waals surface area contributed by atoms with Crippen LogP contribution in [0.4, 0.5) is 56.9 Å². The number of rotatable bonds is 20. The Kier molecular flexibility index (Phi) is 16.3. The lowest BCUT2D eigenvalue weighted by Crippen LogP contribution is -2.12. The lowest BCUT2D eigenvalue weighted by Gasteiger charge is -2.14. The van der Waals surface area contributed by atoms with Crippen LogP contribution in [0.1, 0.15) is 0 Å². The number of azo groups is 3. The maximum absolute atomic E-state index is 13.2. The Balaban J connectivity index is 1.24. The number of phenols is 1. The van der Waals surface area contributed by atoms with Crippen LogP contribution < -0.4 is 21.9 Å². The van der Waals surface area contributed by atoms with Crippen LogP contribution in [0.15, 0.2) is 147 Å². The Morgan fingerprint density at radius 3 is 1.84 bits per heavy atom. The number of hydrogen-bond donors (Lipinski definition) is 8. The Morgan fingerprint density at radius 1 is 0.672 bits per heavy atom. The second-order valence-corrected chi connectivity index (χ2v) is 19.9. The van der Waals surface area contributed by atoms with Crippen molar-refractivity contribution in [3.05, 3.63) is 102 Å². The standard InChI is InChI=1S/C36H31ClN10O15S5/c37-26-17-29(28(39)18-27(26)38)44-41-20-1-3-23(4-2-20)47-66(53,54)25-11-7-22(8-12-25)43-46-35-31(67(55,56)57)16-19-15-30(63-61-59-49)34(36(48)32(19)33(35)40)45-42-21-5-9-24(10-6-21)65(51,52)14-13-58-64-62-60-50/h1-12,15-18,47-50H,13-14,38-40H2,(H,55,56,57). The minimum Gasteiger partial charge on any atom is -0.505 e. The molecule has 67 heavy (non-hydrogen) atoms. The molecule has 352 valence electrons. The fourth-order valence-electron chi connectivity index (χ4n) is 5.58. The number of nitrogen functional groups attached to an aromatic ring is 3. The molecule has 0 aromatic heterocycles. The molecule has 0 amide bonds. The number of fused-ring (bicyclic) bond motifs is 1. The molecule has 0 bridgehead atoms. The summed E-state index contributed by atoms with van der Waals surface area (Å²) in [6, 6.07) is 20.7. The Labute approximate surface area is 392 Å². The molecule has 0 radical (unpaired) electrons. The molecule has 0 fully saturated rings. The van der Waals surface area contributed by atoms with E-state index in [-0.39, 0.29) is 89.2 Å². The molecule has 0 atom stereocenters. The lowest BCUT2D eigenvalue weighted by molar-refractivity contribution is -0.434. The van der Waals surface area contributed by atoms with Crippen molar-refractivity contribution < 1.29 is 68.4 Å². The summed E-state index contributed by atoms with van der Waals surface area (Å²) in [5, 5.41) is 59.4. The highest BCUT2D eigenvalue weighted by Crippen LogP contribution is 2.49. The Hall–Kier alpha value is -6.10. The van der Waals surface area contributed by atoms with Crippen molar-refractivity contribution in [2.45, 2.75) is 19.6 Å². The van der Waals surface area contributed by atoms with E-state index in [4.69, 9.17) is 43.5 Å². The largest absolute Gasteiger partial charge is 0.505 e. The van der Waals surface area contributed by atoms with Crippen LogP contribution in [0.3, 0.4) is 0 Å². The van der Waals surface area contributed by atoms with Crippen molar-refractivity contribution in [2.75, 3.05) is 34.3 Å². The van der Waals surface area contributed by atoms with E-state index in [1.807, 2.05) is 0 Å². The summed E-state index contributed by atoms with van der Waals surface area (Å²) in [4.78, 5) is -1.31. The number of hydrogen-bond acceptors (Lipinski definition) is 25. The molecule has 6 rings (SSSR count). The molecule has 0 saturated heterocycles. The number of halogens is 1. The molecule has 0 aliphatic carbocycles. The first-order valence-corrected chi connectivity index (χ1v) is 24.3. The van der Waals surface area contributed by atoms with Crippen molar-refractivity contribution >= 4 is 134 Å². The quantitative estimate of drug-likeness (QED) is 0.00670. The normalized spacial score (nSPS) is 12.5. The van der Waals surface area contributed by atoms with Gasteiger partial charge < -0.3 is 22.3 Å². The van der Waals surface area contributed by atoms with Crippen LogP contribution in [0.5, 0.6) is 5.75 Å². The van der Waals surface area contributed by atoms with E-state index in [1.54, 1.807) is 0 Å². The molecule has 31 heteroatoms. The number of anilines is 4. The van der Waals surface area contributed by atoms with Crippen LogP contribution in [-0.2, 0) is 52.9 Å². The third kappa shape index (κ3) is 12.7. The van der Waals surface area contributed by atoms with E-state index >= 15 is 0 Å². The summed E-state index contributed by atoms with van der Waals surface area (Å²) in [6.45, 7) is -0.328. The van der Waals surface area contributed by atoms with Gasteiger partial charge in [0.25, 0.3) is 20.1 Å². The molecule has 0 aliphatic heterocycles. The van der Waals surface area contributed by atoms with E-state index in [2.05, 4.69) is 54.2 Å². The second kappa shape index (κ2) is 21.7. The first-order chi connectivity index (χ1) is 31.8. The van der Waals surface area contributed by atoms with Gasteiger partial charge in [0.2, 0.25) is 0 Å². The van der Waals surface area contributed by atoms with Gasteiger partial charge in [-0.2, -0.15) is 23.8 Å². The Bertz CT molecular complexity index is 3230. The third-order valence-electron chi connectivity index (χ3n) is 8.70. The van der Waals surface area contributed by atoms with Gasteiger partial charge in [0.1, 0.15) is 22.0 Å². The van der Waals surface area contributed by atoms with Crippen LogP contribution in [-0.4, -0.2) is 57.8 Å². The molecule has 6 aromatic rings. The van der Waals surface area contributed by atoms with Crippen molar-refractivity contribution in [3.63, 3.8) is 0 Å². The highest BCUT2D eigenvalue weighted by Gasteiger charge is 2.26. The number of sulfonamides is 1. The minimum atomic E-state index is -5.10. The zero-order chi connectivity index (χ0) is 48.5. The minimum absolute atomic E-state index is 0.00186. The fraction of sp³-hybridized carbons (Fsp3) is 0.0556. The van der Waals surface area contributed by atoms with Crippen molar-refractivity contribution in [1.82, 2.24) is 0 Å². The molecule has 0 saturated carbocycles. The van der Waals surface area contributed by atoms with Crippen molar-refractivity contribution in [2.24, 2.45) is 30.7 Å². The molecule has 6 aromatic carbocycles. The van der Waals surface area contributed by atoms with Gasteiger partial charge in [-0.15, -0.1) is 24.0 Å². The highest BCUT2D eigenvalue weighted by atomic mass is 35.5. The average Bonchev–Trinajstić information content (AvgIpc) is 3.28. The summed E-state index contributed by atoms with van der Waals surface area (Å²) in [5.41, 5.74) is 17.9. The predicted octanol–water partition coefficient (Wildman–Crippen LogP) is 9.44. The maximum Gasteiger partial charge on any atom is 0.296 e. The zero-order valence-corrected chi connectivity index (χ0v) is 38.1. The maximum atomic E-state index is 13.2. The van der Waals surface area contributed by atoms with Gasteiger partial charge in [-0.25, -0.2) is 27.4 Å². The van der Waals surface area contributed by atoms with Crippen LogP contribution in [0.25, 0.3) is 10.8 Å². The summed E-state index contributed by atoms with van der Waals surface area (Å²) in [7, 11) is -13.1. The topological polar surface area (TPSA) is 394 Å². The number of benzene rings is 6. The van der Waals surface area contributed by atoms with Crippen molar-refractivity contribution in [1.29, 1.82) is 0 Å². The molecular weight excluding hydrogens is 1010 g/mol. The number of nitrogens with two attached hydrogens (primary N) is 3. The number of nitrogens with zero attached hydrogens (tertiary/aromatic N) is 6. The first-order valence-electron chi connectivity index (χ1n) is 18.0. The first kappa shape index (κ1) is 50.3. The second-order valence-electron chi connectivity index (χ2n) is 13.0. The summed E-state index contributed by atoms with van der Waals surface area (Å²) >= 11 is 6.54. The third-order valence-corrected chi connectivity index (χ3v) is 14.0. The smallest absolute Gasteiger partial charge is 0.296 e. The molecule has 25 nitrogen and oxygen atoms in total. The average molecular weight is 1040 g/mol. The van der Waals surface area contributed by atoms with Crippen LogP contribution in [0, 0.1) is 0 Å². The van der Waals surface area contributed by atoms with Gasteiger partial charge in [0.05, 0.1) is 83.6 Å². The van der Waals surface area contributed by atoms with Gasteiger partial charge in [0, 0.05) is 5.69 Å². The number of aromatic hydroxyl groups is 1. The summed E-state index contributed by atoms with van der Waals surface area (Å²) in [5.74, 6) is -1.20. The van der Waals surface area contributed by atoms with E-state index < -0.39 is 57.8 Å². The van der Waals surface area contributed by atoms with Crippen molar-refractivity contribution in [3.8, 4) is 5.75 Å². The van der Waals surface area contributed by atoms with Gasteiger partial charge >= 0.3 is 0 Å². The zero-order valence-electron chi connectivity index (χ0n) is 33.3. The number of sulfone groups is 1. The number of nitrogens with one attached hydrogen (secondary N) is 1. The van der Waals surface area contributed by atoms with E-state index in [0.29, 0.717) is 17.7 Å². The van der Waals surface area contributed by atoms with E-state index in [0.717, 1.165) is 6.07 Å². The van der Waals surface area contributed by atoms with Gasteiger partial charge in [-0.1, -0.05) is 21.7 Å². The van der Waals surface area contributed by atoms with E-state index in [1.165, 1.54) is 91.0 Å². The lowest BCUT2D eigenvalue weighted by atomic mass is 10.1. The molecule has 0 aliphatic rings. The monoisotopic (exact) mass is 1040 g/mol. The van der Waals surface area contributed by atoms with Gasteiger partial charge in [0.15, 0.2) is 27.9 Å². The van der Waals surface area contributed by atoms with Gasteiger partial charge in [-0.3, -0.25) is 13.5 Å². The van der Waals surface area contributed by atoms with Gasteiger partial charge in [-0.05, 0) is 102 Å². The molecule has 11 N–H and O–H groups in total. The molecule has 0 spiro atoms. The number of phenolic OH excluding ortho intramolecular Hbond substituents is 1. The fourth-order valence-corrected chi connectivity index (χ4v) is 9.38. The molecule has 0 heterocycles. The predicted molar refractivity (Wildman–Crippen MR) is 244 cm³/mol. The molecule has 0 unspecified atom stereocenters. The van der Waals surface area contributed by atoms with Crippen LogP contribution >= 0.6 is 36.0 Å². The van der Waals surface area contributed by atoms with E-state index in [9.17, 15) is 34.9 Å². The highest BCUT2D eigenvalue weighted by molar-refractivity contribution is 7.94. The Morgan fingerprint density at radius 2 is 1.24 bits per heavy atom. The molecular formula is C36H31ClN10O15S5. The summed E-state index contributed by atoms with van der Waals surface area (Å²) < 4.78 is 103. The van der Waals surface area contributed by atoms with Crippen LogP contribution in [0.2, 0.25) is 5.02 Å².